The summed E-state index contributed by atoms with van der Waals surface area (Å²) >= 11 is 0. The van der Waals surface area contributed by atoms with Gasteiger partial charge in [0.25, 0.3) is 0 Å². The van der Waals surface area contributed by atoms with Crippen LogP contribution in [0, 0.1) is 5.82 Å². The van der Waals surface area contributed by atoms with Gasteiger partial charge in [-0.3, -0.25) is 0 Å². The van der Waals surface area contributed by atoms with Gasteiger partial charge in [0, 0.05) is 19.5 Å². The van der Waals surface area contributed by atoms with Crippen molar-refractivity contribution in [2.45, 2.75) is 13.3 Å². The molecule has 0 radical (unpaired) electrons. The Balaban J connectivity index is 2.25. The van der Waals surface area contributed by atoms with Crippen LogP contribution in [-0.4, -0.2) is 17.0 Å². The van der Waals surface area contributed by atoms with Crippen LogP contribution < -0.4 is 10.1 Å². The Bertz CT molecular complexity index is 506. The highest BCUT2D eigenvalue weighted by molar-refractivity contribution is 5.39. The minimum absolute atomic E-state index is 0.296. The average molecular weight is 247 g/mol. The van der Waals surface area contributed by atoms with Crippen LogP contribution in [0.3, 0.4) is 0 Å². The topological polar surface area (TPSA) is 47.0 Å². The van der Waals surface area contributed by atoms with Crippen molar-refractivity contribution in [3.63, 3.8) is 0 Å². The Morgan fingerprint density at radius 1 is 1.22 bits per heavy atom. The van der Waals surface area contributed by atoms with Crippen LogP contribution >= 0.6 is 0 Å². The molecular formula is C13H14FN3O. The first kappa shape index (κ1) is 12.3. The van der Waals surface area contributed by atoms with Gasteiger partial charge in [-0.2, -0.15) is 4.98 Å². The molecular weight excluding hydrogens is 233 g/mol. The number of nitrogens with one attached hydrogen (secondary N) is 1. The molecule has 0 aliphatic carbocycles. The van der Waals surface area contributed by atoms with E-state index in [0.717, 1.165) is 6.42 Å². The van der Waals surface area contributed by atoms with Crippen LogP contribution in [0.25, 0.3) is 0 Å². The summed E-state index contributed by atoms with van der Waals surface area (Å²) in [5, 5.41) is 2.95. The Morgan fingerprint density at radius 3 is 2.56 bits per heavy atom. The van der Waals surface area contributed by atoms with Crippen molar-refractivity contribution in [2.75, 3.05) is 12.4 Å². The smallest absolute Gasteiger partial charge is 0.224 e. The third kappa shape index (κ3) is 2.94. The van der Waals surface area contributed by atoms with Gasteiger partial charge in [0.1, 0.15) is 23.2 Å². The second-order valence-electron chi connectivity index (χ2n) is 3.67. The summed E-state index contributed by atoms with van der Waals surface area (Å²) in [5.74, 6) is 2.07. The standard InChI is InChI=1S/C13H14FN3O/c1-3-11-16-12(15-2)8-13(17-11)18-10-6-4-9(14)5-7-10/h4-8H,3H2,1-2H3,(H,15,16,17). The SMILES string of the molecule is CCc1nc(NC)cc(Oc2ccc(F)cc2)n1. The first-order valence-corrected chi connectivity index (χ1v) is 5.70. The van der Waals surface area contributed by atoms with E-state index in [9.17, 15) is 4.39 Å². The summed E-state index contributed by atoms with van der Waals surface area (Å²) in [7, 11) is 1.78. The van der Waals surface area contributed by atoms with Crippen molar-refractivity contribution in [1.29, 1.82) is 0 Å². The normalized spacial score (nSPS) is 10.2. The second kappa shape index (κ2) is 5.44. The summed E-state index contributed by atoms with van der Waals surface area (Å²) in [6.07, 6.45) is 0.718. The molecule has 0 bridgehead atoms. The maximum Gasteiger partial charge on any atom is 0.224 e. The van der Waals surface area contributed by atoms with Gasteiger partial charge in [0.15, 0.2) is 0 Å². The number of aryl methyl sites for hydroxylation is 1. The van der Waals surface area contributed by atoms with Crippen LogP contribution in [0.15, 0.2) is 30.3 Å². The number of hydrogen-bond acceptors (Lipinski definition) is 4. The van der Waals surface area contributed by atoms with E-state index in [4.69, 9.17) is 4.74 Å². The first-order valence-electron chi connectivity index (χ1n) is 5.70. The molecule has 0 atom stereocenters. The highest BCUT2D eigenvalue weighted by atomic mass is 19.1. The fourth-order valence-electron chi connectivity index (χ4n) is 1.43. The highest BCUT2D eigenvalue weighted by Gasteiger charge is 2.04. The molecule has 94 valence electrons. The largest absolute Gasteiger partial charge is 0.439 e. The van der Waals surface area contributed by atoms with Gasteiger partial charge in [0.05, 0.1) is 0 Å². The lowest BCUT2D eigenvalue weighted by molar-refractivity contribution is 0.457. The summed E-state index contributed by atoms with van der Waals surface area (Å²) < 4.78 is 18.3. The Labute approximate surface area is 105 Å². The van der Waals surface area contributed by atoms with E-state index in [1.54, 1.807) is 25.2 Å². The van der Waals surface area contributed by atoms with Gasteiger partial charge in [0.2, 0.25) is 5.88 Å². The summed E-state index contributed by atoms with van der Waals surface area (Å²) in [6, 6.07) is 7.50. The molecule has 1 N–H and O–H groups in total. The van der Waals surface area contributed by atoms with Crippen molar-refractivity contribution in [3.8, 4) is 11.6 Å². The van der Waals surface area contributed by atoms with E-state index in [2.05, 4.69) is 15.3 Å². The van der Waals surface area contributed by atoms with Gasteiger partial charge in [-0.05, 0) is 24.3 Å². The maximum absolute atomic E-state index is 12.8. The van der Waals surface area contributed by atoms with E-state index in [1.165, 1.54) is 12.1 Å². The Hall–Kier alpha value is -2.17. The zero-order chi connectivity index (χ0) is 13.0. The second-order valence-corrected chi connectivity index (χ2v) is 3.67. The van der Waals surface area contributed by atoms with Gasteiger partial charge in [-0.1, -0.05) is 6.92 Å². The van der Waals surface area contributed by atoms with E-state index < -0.39 is 0 Å². The van der Waals surface area contributed by atoms with E-state index in [0.29, 0.717) is 23.3 Å². The maximum atomic E-state index is 12.8. The van der Waals surface area contributed by atoms with Crippen LogP contribution in [0.5, 0.6) is 11.6 Å². The van der Waals surface area contributed by atoms with E-state index >= 15 is 0 Å². The lowest BCUT2D eigenvalue weighted by Crippen LogP contribution is -2.01. The number of rotatable bonds is 4. The number of benzene rings is 1. The van der Waals surface area contributed by atoms with Crippen LogP contribution in [0.4, 0.5) is 10.2 Å². The third-order valence-electron chi connectivity index (χ3n) is 2.36. The molecule has 1 aromatic heterocycles. The summed E-state index contributed by atoms with van der Waals surface area (Å²) in [4.78, 5) is 8.51. The number of aromatic nitrogens is 2. The van der Waals surface area contributed by atoms with Gasteiger partial charge in [-0.25, -0.2) is 9.37 Å². The molecule has 0 saturated heterocycles. The predicted molar refractivity (Wildman–Crippen MR) is 67.4 cm³/mol. The molecule has 0 aliphatic heterocycles. The van der Waals surface area contributed by atoms with Crippen LogP contribution in [0.2, 0.25) is 0 Å². The minimum atomic E-state index is -0.296. The Kier molecular flexibility index (Phi) is 3.72. The average Bonchev–Trinajstić information content (AvgIpc) is 2.41. The molecule has 0 fully saturated rings. The van der Waals surface area contributed by atoms with Crippen molar-refractivity contribution < 1.29 is 9.13 Å². The van der Waals surface area contributed by atoms with Gasteiger partial charge < -0.3 is 10.1 Å². The number of ether oxygens (including phenoxy) is 1. The molecule has 4 nitrogen and oxygen atoms in total. The van der Waals surface area contributed by atoms with Gasteiger partial charge in [-0.15, -0.1) is 0 Å². The molecule has 0 unspecified atom stereocenters. The molecule has 0 aliphatic rings. The zero-order valence-corrected chi connectivity index (χ0v) is 10.3. The molecule has 0 saturated carbocycles. The van der Waals surface area contributed by atoms with Crippen molar-refractivity contribution in [2.24, 2.45) is 0 Å². The number of hydrogen-bond donors (Lipinski definition) is 1. The first-order chi connectivity index (χ1) is 8.71. The zero-order valence-electron chi connectivity index (χ0n) is 10.3. The molecule has 18 heavy (non-hydrogen) atoms. The fourth-order valence-corrected chi connectivity index (χ4v) is 1.43. The lowest BCUT2D eigenvalue weighted by Gasteiger charge is -2.08. The fraction of sp³-hybridized carbons (Fsp3) is 0.231. The third-order valence-corrected chi connectivity index (χ3v) is 2.36. The van der Waals surface area contributed by atoms with E-state index in [-0.39, 0.29) is 5.82 Å². The number of anilines is 1. The van der Waals surface area contributed by atoms with Crippen LogP contribution in [0.1, 0.15) is 12.7 Å². The molecule has 0 amide bonds. The summed E-state index contributed by atoms with van der Waals surface area (Å²) in [5.41, 5.74) is 0. The van der Waals surface area contributed by atoms with Crippen molar-refractivity contribution in [1.82, 2.24) is 9.97 Å². The lowest BCUT2D eigenvalue weighted by atomic mass is 10.3. The molecule has 2 aromatic rings. The molecule has 1 aromatic carbocycles. The van der Waals surface area contributed by atoms with Crippen LogP contribution in [-0.2, 0) is 6.42 Å². The molecule has 0 spiro atoms. The Morgan fingerprint density at radius 2 is 1.94 bits per heavy atom. The van der Waals surface area contributed by atoms with E-state index in [1.807, 2.05) is 6.92 Å². The highest BCUT2D eigenvalue weighted by Crippen LogP contribution is 2.21. The monoisotopic (exact) mass is 247 g/mol. The van der Waals surface area contributed by atoms with Crippen molar-refractivity contribution in [3.05, 3.63) is 42.0 Å². The predicted octanol–water partition coefficient (Wildman–Crippen LogP) is 3.01. The molecule has 5 heteroatoms. The number of halogens is 1. The molecule has 1 heterocycles. The van der Waals surface area contributed by atoms with Crippen molar-refractivity contribution >= 4 is 5.82 Å². The quantitative estimate of drug-likeness (QED) is 0.902. The van der Waals surface area contributed by atoms with Gasteiger partial charge >= 0.3 is 0 Å². The molecule has 2 rings (SSSR count). The summed E-state index contributed by atoms with van der Waals surface area (Å²) in [6.45, 7) is 1.97. The minimum Gasteiger partial charge on any atom is -0.439 e. The number of nitrogens with zero attached hydrogens (tertiary/aromatic N) is 2.